The zero-order chi connectivity index (χ0) is 18.9. The molecule has 0 saturated carbocycles. The summed E-state index contributed by atoms with van der Waals surface area (Å²) in [5.74, 6) is -0.295. The lowest BCUT2D eigenvalue weighted by Crippen LogP contribution is -2.54. The molecular weight excluding hydrogens is 360 g/mol. The highest BCUT2D eigenvalue weighted by molar-refractivity contribution is 7.92. The summed E-state index contributed by atoms with van der Waals surface area (Å²) >= 11 is 0. The van der Waals surface area contributed by atoms with E-state index in [0.717, 1.165) is 6.26 Å². The van der Waals surface area contributed by atoms with Crippen LogP contribution in [-0.2, 0) is 14.8 Å². The normalized spacial score (nSPS) is 14.6. The van der Waals surface area contributed by atoms with Crippen LogP contribution in [0.25, 0.3) is 0 Å². The van der Waals surface area contributed by atoms with Crippen LogP contribution in [0.2, 0.25) is 0 Å². The predicted molar refractivity (Wildman–Crippen MR) is 94.2 cm³/mol. The molecule has 2 aromatic rings. The van der Waals surface area contributed by atoms with Gasteiger partial charge in [0.05, 0.1) is 17.9 Å². The Balaban J connectivity index is 1.55. The molecule has 3 rings (SSSR count). The molecule has 2 heterocycles. The Morgan fingerprint density at radius 2 is 1.92 bits per heavy atom. The van der Waals surface area contributed by atoms with E-state index >= 15 is 0 Å². The lowest BCUT2D eigenvalue weighted by atomic mass is 9.98. The van der Waals surface area contributed by atoms with Gasteiger partial charge in [0, 0.05) is 24.8 Å². The number of nitrogens with one attached hydrogen (secondary N) is 2. The molecule has 1 aliphatic heterocycles. The van der Waals surface area contributed by atoms with Crippen LogP contribution < -0.4 is 10.0 Å². The molecule has 1 saturated heterocycles. The summed E-state index contributed by atoms with van der Waals surface area (Å²) in [7, 11) is -3.39. The number of rotatable bonds is 5. The Hall–Kier alpha value is -2.88. The van der Waals surface area contributed by atoms with Gasteiger partial charge in [-0.3, -0.25) is 14.3 Å². The Morgan fingerprint density at radius 1 is 1.23 bits per heavy atom. The molecule has 1 aromatic heterocycles. The molecule has 1 aliphatic rings. The summed E-state index contributed by atoms with van der Waals surface area (Å²) in [4.78, 5) is 25.9. The molecule has 0 bridgehead atoms. The monoisotopic (exact) mass is 378 g/mol. The molecule has 138 valence electrons. The Kier molecular flexibility index (Phi) is 4.68. The van der Waals surface area contributed by atoms with Crippen molar-refractivity contribution in [1.29, 1.82) is 0 Å². The molecule has 0 radical (unpaired) electrons. The molecule has 0 aliphatic carbocycles. The number of likely N-dealkylation sites (tertiary alicyclic amines) is 1. The number of hydrogen-bond donors (Lipinski definition) is 2. The number of aryl methyl sites for hydroxylation is 1. The smallest absolute Gasteiger partial charge is 0.276 e. The first-order valence-corrected chi connectivity index (χ1v) is 9.72. The molecular formula is C16H18N4O5S. The van der Waals surface area contributed by atoms with Crippen LogP contribution in [0.15, 0.2) is 34.9 Å². The minimum absolute atomic E-state index is 0.223. The minimum Gasteiger partial charge on any atom is -0.361 e. The van der Waals surface area contributed by atoms with Gasteiger partial charge in [-0.15, -0.1) is 0 Å². The summed E-state index contributed by atoms with van der Waals surface area (Å²) in [5, 5.41) is 6.40. The Morgan fingerprint density at radius 3 is 2.54 bits per heavy atom. The number of nitrogens with zero attached hydrogens (tertiary/aromatic N) is 2. The van der Waals surface area contributed by atoms with Crippen molar-refractivity contribution in [2.24, 2.45) is 5.92 Å². The summed E-state index contributed by atoms with van der Waals surface area (Å²) < 4.78 is 29.8. The molecule has 10 heteroatoms. The maximum absolute atomic E-state index is 12.3. The van der Waals surface area contributed by atoms with E-state index in [1.807, 2.05) is 0 Å². The zero-order valence-electron chi connectivity index (χ0n) is 14.2. The van der Waals surface area contributed by atoms with Gasteiger partial charge in [0.15, 0.2) is 5.69 Å². The van der Waals surface area contributed by atoms with E-state index in [-0.39, 0.29) is 36.5 Å². The standard InChI is InChI=1S/C16H18N4O5S/c1-10-6-14(18-25-10)16(22)20-8-11(9-20)15(21)17-12-4-3-5-13(7-12)19-26(2,23)24/h3-7,11,19H,8-9H2,1-2H3,(H,17,21). The Labute approximate surface area is 150 Å². The highest BCUT2D eigenvalue weighted by atomic mass is 32.2. The second kappa shape index (κ2) is 6.79. The largest absolute Gasteiger partial charge is 0.361 e. The number of aromatic nitrogens is 1. The first-order valence-electron chi connectivity index (χ1n) is 7.82. The van der Waals surface area contributed by atoms with Gasteiger partial charge in [-0.25, -0.2) is 8.42 Å². The summed E-state index contributed by atoms with van der Waals surface area (Å²) in [6, 6.07) is 7.95. The van der Waals surface area contributed by atoms with Crippen molar-refractivity contribution < 1.29 is 22.5 Å². The van der Waals surface area contributed by atoms with Crippen molar-refractivity contribution in [3.63, 3.8) is 0 Å². The second-order valence-corrected chi connectivity index (χ2v) is 7.92. The van der Waals surface area contributed by atoms with Gasteiger partial charge in [-0.2, -0.15) is 0 Å². The van der Waals surface area contributed by atoms with Crippen LogP contribution in [0.4, 0.5) is 11.4 Å². The van der Waals surface area contributed by atoms with Gasteiger partial charge in [0.25, 0.3) is 5.91 Å². The van der Waals surface area contributed by atoms with Crippen LogP contribution in [0.5, 0.6) is 0 Å². The Bertz CT molecular complexity index is 947. The number of benzene rings is 1. The topological polar surface area (TPSA) is 122 Å². The van der Waals surface area contributed by atoms with Crippen LogP contribution in [-0.4, -0.2) is 49.6 Å². The van der Waals surface area contributed by atoms with Gasteiger partial charge < -0.3 is 14.7 Å². The number of hydrogen-bond acceptors (Lipinski definition) is 6. The summed E-state index contributed by atoms with van der Waals surface area (Å²) in [5.41, 5.74) is 1.05. The molecule has 0 spiro atoms. The van der Waals surface area contributed by atoms with Crippen molar-refractivity contribution in [1.82, 2.24) is 10.1 Å². The molecule has 2 amide bonds. The lowest BCUT2D eigenvalue weighted by Gasteiger charge is -2.37. The van der Waals surface area contributed by atoms with Crippen molar-refractivity contribution in [2.45, 2.75) is 6.92 Å². The minimum atomic E-state index is -3.39. The zero-order valence-corrected chi connectivity index (χ0v) is 15.0. The average Bonchev–Trinajstić information content (AvgIpc) is 2.90. The van der Waals surface area contributed by atoms with Gasteiger partial charge in [0.1, 0.15) is 5.76 Å². The fourth-order valence-corrected chi connectivity index (χ4v) is 3.11. The SMILES string of the molecule is Cc1cc(C(=O)N2CC(C(=O)Nc3cccc(NS(C)(=O)=O)c3)C2)no1. The molecule has 0 unspecified atom stereocenters. The molecule has 2 N–H and O–H groups in total. The van der Waals surface area contributed by atoms with Crippen LogP contribution in [0.1, 0.15) is 16.2 Å². The molecule has 1 fully saturated rings. The maximum atomic E-state index is 12.3. The number of anilines is 2. The van der Waals surface area contributed by atoms with E-state index in [2.05, 4.69) is 15.2 Å². The predicted octanol–water partition coefficient (Wildman–Crippen LogP) is 1.07. The summed E-state index contributed by atoms with van der Waals surface area (Å²) in [6.45, 7) is 2.28. The van der Waals surface area contributed by atoms with E-state index in [1.165, 1.54) is 11.0 Å². The highest BCUT2D eigenvalue weighted by Gasteiger charge is 2.37. The third kappa shape index (κ3) is 4.20. The average molecular weight is 378 g/mol. The van der Waals surface area contributed by atoms with Gasteiger partial charge in [-0.1, -0.05) is 11.2 Å². The fourth-order valence-electron chi connectivity index (χ4n) is 2.56. The van der Waals surface area contributed by atoms with Crippen LogP contribution in [0, 0.1) is 12.8 Å². The second-order valence-electron chi connectivity index (χ2n) is 6.17. The van der Waals surface area contributed by atoms with E-state index in [4.69, 9.17) is 4.52 Å². The van der Waals surface area contributed by atoms with E-state index < -0.39 is 10.0 Å². The van der Waals surface area contributed by atoms with Crippen LogP contribution >= 0.6 is 0 Å². The number of carbonyl (C=O) groups excluding carboxylic acids is 2. The fraction of sp³-hybridized carbons (Fsp3) is 0.312. The third-order valence-corrected chi connectivity index (χ3v) is 4.43. The summed E-state index contributed by atoms with van der Waals surface area (Å²) in [6.07, 6.45) is 1.05. The van der Waals surface area contributed by atoms with Crippen molar-refractivity contribution in [3.05, 3.63) is 41.8 Å². The molecule has 0 atom stereocenters. The molecule has 1 aromatic carbocycles. The van der Waals surface area contributed by atoms with Crippen molar-refractivity contribution in [2.75, 3.05) is 29.4 Å². The quantitative estimate of drug-likeness (QED) is 0.802. The highest BCUT2D eigenvalue weighted by Crippen LogP contribution is 2.22. The van der Waals surface area contributed by atoms with Crippen molar-refractivity contribution in [3.8, 4) is 0 Å². The number of carbonyl (C=O) groups is 2. The van der Waals surface area contributed by atoms with Gasteiger partial charge >= 0.3 is 0 Å². The molecule has 26 heavy (non-hydrogen) atoms. The molecule has 9 nitrogen and oxygen atoms in total. The van der Waals surface area contributed by atoms with Gasteiger partial charge in [0.2, 0.25) is 15.9 Å². The first kappa shape index (κ1) is 17.9. The number of amides is 2. The van der Waals surface area contributed by atoms with E-state index in [1.54, 1.807) is 31.2 Å². The van der Waals surface area contributed by atoms with Crippen LogP contribution in [0.3, 0.4) is 0 Å². The number of sulfonamides is 1. The first-order chi connectivity index (χ1) is 12.2. The lowest BCUT2D eigenvalue weighted by molar-refractivity contribution is -0.123. The maximum Gasteiger partial charge on any atom is 0.276 e. The third-order valence-electron chi connectivity index (χ3n) is 3.82. The van der Waals surface area contributed by atoms with E-state index in [9.17, 15) is 18.0 Å². The van der Waals surface area contributed by atoms with Gasteiger partial charge in [-0.05, 0) is 25.1 Å². The van der Waals surface area contributed by atoms with E-state index in [0.29, 0.717) is 17.1 Å². The van der Waals surface area contributed by atoms with Crippen molar-refractivity contribution >= 4 is 33.2 Å².